The van der Waals surface area contributed by atoms with Crippen molar-refractivity contribution in [1.29, 1.82) is 0 Å². The van der Waals surface area contributed by atoms with E-state index in [1.54, 1.807) is 12.3 Å². The van der Waals surface area contributed by atoms with Crippen molar-refractivity contribution in [3.63, 3.8) is 0 Å². The summed E-state index contributed by atoms with van der Waals surface area (Å²) in [4.78, 5) is 12.7. The number of nitrogens with zero attached hydrogens (tertiary/aromatic N) is 3. The van der Waals surface area contributed by atoms with Gasteiger partial charge in [-0.05, 0) is 18.2 Å². The van der Waals surface area contributed by atoms with Crippen molar-refractivity contribution in [1.82, 2.24) is 15.0 Å². The van der Waals surface area contributed by atoms with Crippen LogP contribution in [0, 0.1) is 5.82 Å². The van der Waals surface area contributed by atoms with Crippen LogP contribution < -0.4 is 10.6 Å². The lowest BCUT2D eigenvalue weighted by Crippen LogP contribution is -2.06. The van der Waals surface area contributed by atoms with Crippen LogP contribution in [0.2, 0.25) is 0 Å². The van der Waals surface area contributed by atoms with E-state index in [4.69, 9.17) is 9.47 Å². The number of pyridine rings is 1. The third-order valence-corrected chi connectivity index (χ3v) is 4.46. The van der Waals surface area contributed by atoms with Crippen LogP contribution in [0.15, 0.2) is 78.2 Å². The molecule has 1 aliphatic carbocycles. The molecule has 3 heterocycles. The molecular weight excluding hydrogens is 373 g/mol. The SMILES string of the molecule is Fc1cnc(Nc2cnc3ccccc3c2)nc1NC1=CC2=C(CC=C1)OCO2. The van der Waals surface area contributed by atoms with Crippen LogP contribution in [-0.4, -0.2) is 21.7 Å². The average molecular weight is 389 g/mol. The molecular formula is C21H16FN5O2. The quantitative estimate of drug-likeness (QED) is 0.685. The van der Waals surface area contributed by atoms with Gasteiger partial charge in [0.15, 0.2) is 17.4 Å². The molecule has 2 aliphatic rings. The summed E-state index contributed by atoms with van der Waals surface area (Å²) >= 11 is 0. The highest BCUT2D eigenvalue weighted by Gasteiger charge is 2.18. The van der Waals surface area contributed by atoms with Crippen molar-refractivity contribution in [2.45, 2.75) is 6.42 Å². The maximum absolute atomic E-state index is 14.3. The Morgan fingerprint density at radius 2 is 1.97 bits per heavy atom. The Kier molecular flexibility index (Phi) is 4.28. The first-order valence-corrected chi connectivity index (χ1v) is 9.03. The first-order valence-electron chi connectivity index (χ1n) is 9.03. The van der Waals surface area contributed by atoms with E-state index < -0.39 is 5.82 Å². The fourth-order valence-electron chi connectivity index (χ4n) is 3.08. The predicted octanol–water partition coefficient (Wildman–Crippen LogP) is 4.38. The second kappa shape index (κ2) is 7.23. The van der Waals surface area contributed by atoms with Gasteiger partial charge in [0.05, 0.1) is 23.6 Å². The Hall–Kier alpha value is -3.94. The monoisotopic (exact) mass is 389 g/mol. The van der Waals surface area contributed by atoms with E-state index in [-0.39, 0.29) is 18.6 Å². The fraction of sp³-hybridized carbons (Fsp3) is 0.0952. The first kappa shape index (κ1) is 17.2. The Morgan fingerprint density at radius 3 is 2.93 bits per heavy atom. The number of anilines is 3. The molecule has 2 aromatic heterocycles. The fourth-order valence-corrected chi connectivity index (χ4v) is 3.08. The largest absolute Gasteiger partial charge is 0.458 e. The smallest absolute Gasteiger partial charge is 0.230 e. The van der Waals surface area contributed by atoms with Gasteiger partial charge in [-0.1, -0.05) is 24.3 Å². The van der Waals surface area contributed by atoms with Crippen molar-refractivity contribution in [3.8, 4) is 0 Å². The minimum absolute atomic E-state index is 0.0510. The Morgan fingerprint density at radius 1 is 1.03 bits per heavy atom. The Bertz CT molecular complexity index is 1190. The van der Waals surface area contributed by atoms with Gasteiger partial charge in [-0.3, -0.25) is 4.98 Å². The van der Waals surface area contributed by atoms with Crippen LogP contribution in [0.5, 0.6) is 0 Å². The van der Waals surface area contributed by atoms with Gasteiger partial charge < -0.3 is 20.1 Å². The summed E-state index contributed by atoms with van der Waals surface area (Å²) in [5, 5.41) is 7.03. The third-order valence-electron chi connectivity index (χ3n) is 4.46. The summed E-state index contributed by atoms with van der Waals surface area (Å²) in [6.07, 6.45) is 8.91. The van der Waals surface area contributed by atoms with Crippen molar-refractivity contribution in [3.05, 3.63) is 84.0 Å². The highest BCUT2D eigenvalue weighted by molar-refractivity contribution is 5.82. The summed E-state index contributed by atoms with van der Waals surface area (Å²) in [6.45, 7) is 0.192. The van der Waals surface area contributed by atoms with Gasteiger partial charge in [-0.25, -0.2) is 9.37 Å². The van der Waals surface area contributed by atoms with Gasteiger partial charge in [-0.2, -0.15) is 4.98 Å². The van der Waals surface area contributed by atoms with E-state index >= 15 is 0 Å². The number of ether oxygens (including phenoxy) is 2. The Balaban J connectivity index is 1.39. The van der Waals surface area contributed by atoms with Gasteiger partial charge in [0.1, 0.15) is 5.76 Å². The molecule has 0 saturated carbocycles. The molecule has 8 heteroatoms. The summed E-state index contributed by atoms with van der Waals surface area (Å²) in [7, 11) is 0. The number of halogens is 1. The second-order valence-electron chi connectivity index (χ2n) is 6.46. The third kappa shape index (κ3) is 3.60. The summed E-state index contributed by atoms with van der Waals surface area (Å²) in [5.41, 5.74) is 2.23. The van der Waals surface area contributed by atoms with Gasteiger partial charge in [0.25, 0.3) is 0 Å². The zero-order valence-electron chi connectivity index (χ0n) is 15.2. The van der Waals surface area contributed by atoms with E-state index in [0.717, 1.165) is 22.9 Å². The summed E-state index contributed by atoms with van der Waals surface area (Å²) in [5.74, 6) is 1.13. The zero-order valence-corrected chi connectivity index (χ0v) is 15.2. The van der Waals surface area contributed by atoms with E-state index in [1.807, 2.05) is 42.5 Å². The molecule has 1 aliphatic heterocycles. The first-order chi connectivity index (χ1) is 14.2. The number of fused-ring (bicyclic) bond motifs is 1. The topological polar surface area (TPSA) is 81.2 Å². The molecule has 0 saturated heterocycles. The molecule has 1 aromatic carbocycles. The highest BCUT2D eigenvalue weighted by atomic mass is 19.1. The number of aromatic nitrogens is 3. The molecule has 2 N–H and O–H groups in total. The normalized spacial score (nSPS) is 15.3. The molecule has 144 valence electrons. The summed E-state index contributed by atoms with van der Waals surface area (Å²) in [6, 6.07) is 9.71. The van der Waals surface area contributed by atoms with Crippen molar-refractivity contribution in [2.24, 2.45) is 0 Å². The number of allylic oxidation sites excluding steroid dienone is 3. The van der Waals surface area contributed by atoms with Crippen molar-refractivity contribution >= 4 is 28.4 Å². The average Bonchev–Trinajstić information content (AvgIpc) is 3.08. The molecule has 5 rings (SSSR count). The number of para-hydroxylation sites is 1. The van der Waals surface area contributed by atoms with Gasteiger partial charge in [-0.15, -0.1) is 0 Å². The minimum atomic E-state index is -0.566. The number of benzene rings is 1. The molecule has 0 unspecified atom stereocenters. The van der Waals surface area contributed by atoms with Gasteiger partial charge in [0.2, 0.25) is 12.7 Å². The zero-order chi connectivity index (χ0) is 19.6. The minimum Gasteiger partial charge on any atom is -0.458 e. The number of hydrogen-bond acceptors (Lipinski definition) is 7. The van der Waals surface area contributed by atoms with E-state index in [1.165, 1.54) is 0 Å². The molecule has 0 amide bonds. The van der Waals surface area contributed by atoms with Crippen LogP contribution in [0.4, 0.5) is 21.8 Å². The Labute approximate surface area is 165 Å². The van der Waals surface area contributed by atoms with E-state index in [0.29, 0.717) is 23.6 Å². The van der Waals surface area contributed by atoms with Crippen LogP contribution in [0.1, 0.15) is 6.42 Å². The number of nitrogens with one attached hydrogen (secondary N) is 2. The number of hydrogen-bond donors (Lipinski definition) is 2. The second-order valence-corrected chi connectivity index (χ2v) is 6.46. The lowest BCUT2D eigenvalue weighted by atomic mass is 10.2. The lowest BCUT2D eigenvalue weighted by Gasteiger charge is -2.10. The lowest BCUT2D eigenvalue weighted by molar-refractivity contribution is 0.0731. The maximum Gasteiger partial charge on any atom is 0.230 e. The van der Waals surface area contributed by atoms with Crippen molar-refractivity contribution < 1.29 is 13.9 Å². The standard InChI is InChI=1S/C21H16FN5O2/c22-16-11-24-21(26-15-8-13-4-1-2-6-17(13)23-10-15)27-20(16)25-14-5-3-7-18-19(9-14)29-12-28-18/h1-6,8-11H,7,12H2,(H2,24,25,26,27). The summed E-state index contributed by atoms with van der Waals surface area (Å²) < 4.78 is 25.1. The maximum atomic E-state index is 14.3. The van der Waals surface area contributed by atoms with Gasteiger partial charge >= 0.3 is 0 Å². The van der Waals surface area contributed by atoms with Crippen molar-refractivity contribution in [2.75, 3.05) is 17.4 Å². The van der Waals surface area contributed by atoms with Gasteiger partial charge in [0, 0.05) is 23.6 Å². The van der Waals surface area contributed by atoms with Crippen LogP contribution in [0.25, 0.3) is 10.9 Å². The van der Waals surface area contributed by atoms with E-state index in [2.05, 4.69) is 25.6 Å². The molecule has 0 bridgehead atoms. The molecule has 0 atom stereocenters. The van der Waals surface area contributed by atoms with E-state index in [9.17, 15) is 4.39 Å². The highest BCUT2D eigenvalue weighted by Crippen LogP contribution is 2.26. The van der Waals surface area contributed by atoms with Crippen LogP contribution >= 0.6 is 0 Å². The molecule has 0 spiro atoms. The molecule has 29 heavy (non-hydrogen) atoms. The van der Waals surface area contributed by atoms with Crippen LogP contribution in [0.3, 0.4) is 0 Å². The molecule has 7 nitrogen and oxygen atoms in total. The molecule has 0 fully saturated rings. The number of rotatable bonds is 4. The predicted molar refractivity (Wildman–Crippen MR) is 107 cm³/mol. The van der Waals surface area contributed by atoms with Crippen LogP contribution in [-0.2, 0) is 9.47 Å². The molecule has 0 radical (unpaired) electrons. The molecule has 3 aromatic rings.